The summed E-state index contributed by atoms with van der Waals surface area (Å²) in [5.41, 5.74) is 0.789. The summed E-state index contributed by atoms with van der Waals surface area (Å²) >= 11 is 1.45. The third kappa shape index (κ3) is 2.92. The molecule has 0 spiro atoms. The van der Waals surface area contributed by atoms with Crippen molar-refractivity contribution in [3.05, 3.63) is 21.9 Å². The standard InChI is InChI=1S/C14H17NO2S/c1-2-15(12-6-7-12)14(17)13-11(8-10-18-13)5-3-4-9-16/h8,10,12,16H,2,4,6-7,9H2,1H3. The maximum absolute atomic E-state index is 12.4. The summed E-state index contributed by atoms with van der Waals surface area (Å²) < 4.78 is 0. The van der Waals surface area contributed by atoms with Gasteiger partial charge in [-0.05, 0) is 31.2 Å². The fourth-order valence-electron chi connectivity index (χ4n) is 1.87. The minimum Gasteiger partial charge on any atom is -0.395 e. The van der Waals surface area contributed by atoms with E-state index in [4.69, 9.17) is 5.11 Å². The molecule has 0 atom stereocenters. The molecule has 0 radical (unpaired) electrons. The second-order valence-electron chi connectivity index (χ2n) is 4.26. The van der Waals surface area contributed by atoms with Gasteiger partial charge in [0, 0.05) is 24.6 Å². The van der Waals surface area contributed by atoms with Gasteiger partial charge in [-0.1, -0.05) is 11.8 Å². The Morgan fingerprint density at radius 3 is 3.00 bits per heavy atom. The Kier molecular flexibility index (Phi) is 4.40. The lowest BCUT2D eigenvalue weighted by atomic mass is 10.2. The van der Waals surface area contributed by atoms with Crippen LogP contribution in [0.3, 0.4) is 0 Å². The minimum absolute atomic E-state index is 0.0591. The highest BCUT2D eigenvalue weighted by Crippen LogP contribution is 2.29. The molecule has 96 valence electrons. The summed E-state index contributed by atoms with van der Waals surface area (Å²) in [6.45, 7) is 2.83. The molecule has 4 heteroatoms. The Morgan fingerprint density at radius 2 is 2.39 bits per heavy atom. The molecule has 0 aromatic carbocycles. The zero-order valence-electron chi connectivity index (χ0n) is 10.5. The van der Waals surface area contributed by atoms with Crippen molar-refractivity contribution >= 4 is 17.2 Å². The predicted molar refractivity (Wildman–Crippen MR) is 72.6 cm³/mol. The number of carbonyl (C=O) groups is 1. The zero-order chi connectivity index (χ0) is 13.0. The van der Waals surface area contributed by atoms with Crippen LogP contribution in [0.2, 0.25) is 0 Å². The Bertz CT molecular complexity index is 479. The van der Waals surface area contributed by atoms with Gasteiger partial charge in [-0.2, -0.15) is 0 Å². The summed E-state index contributed by atoms with van der Waals surface area (Å²) in [4.78, 5) is 15.1. The lowest BCUT2D eigenvalue weighted by Crippen LogP contribution is -2.32. The highest BCUT2D eigenvalue weighted by Gasteiger charge is 2.32. The first-order valence-electron chi connectivity index (χ1n) is 6.26. The number of nitrogens with zero attached hydrogens (tertiary/aromatic N) is 1. The van der Waals surface area contributed by atoms with Crippen LogP contribution in [0, 0.1) is 11.8 Å². The highest BCUT2D eigenvalue weighted by atomic mass is 32.1. The normalized spacial score (nSPS) is 13.9. The molecule has 1 aromatic rings. The molecule has 1 amide bonds. The lowest BCUT2D eigenvalue weighted by Gasteiger charge is -2.19. The molecule has 0 bridgehead atoms. The number of aliphatic hydroxyl groups excluding tert-OH is 1. The lowest BCUT2D eigenvalue weighted by molar-refractivity contribution is 0.0757. The van der Waals surface area contributed by atoms with Crippen molar-refractivity contribution in [2.24, 2.45) is 0 Å². The maximum atomic E-state index is 12.4. The smallest absolute Gasteiger partial charge is 0.265 e. The average Bonchev–Trinajstić information content (AvgIpc) is 3.09. The zero-order valence-corrected chi connectivity index (χ0v) is 11.3. The van der Waals surface area contributed by atoms with Crippen LogP contribution in [-0.2, 0) is 0 Å². The summed E-state index contributed by atoms with van der Waals surface area (Å²) in [6, 6.07) is 2.31. The van der Waals surface area contributed by atoms with Gasteiger partial charge in [0.15, 0.2) is 0 Å². The van der Waals surface area contributed by atoms with E-state index in [9.17, 15) is 4.79 Å². The van der Waals surface area contributed by atoms with Crippen molar-refractivity contribution < 1.29 is 9.90 Å². The third-order valence-corrected chi connectivity index (χ3v) is 3.81. The van der Waals surface area contributed by atoms with Gasteiger partial charge in [-0.25, -0.2) is 0 Å². The molecule has 18 heavy (non-hydrogen) atoms. The Morgan fingerprint density at radius 1 is 1.61 bits per heavy atom. The Balaban J connectivity index is 2.15. The van der Waals surface area contributed by atoms with Gasteiger partial charge in [-0.15, -0.1) is 11.3 Å². The van der Waals surface area contributed by atoms with E-state index in [0.717, 1.165) is 29.8 Å². The fourth-order valence-corrected chi connectivity index (χ4v) is 2.68. The number of hydrogen-bond donors (Lipinski definition) is 1. The van der Waals surface area contributed by atoms with Crippen molar-refractivity contribution in [3.63, 3.8) is 0 Å². The molecule has 1 saturated carbocycles. The molecule has 1 aliphatic carbocycles. The summed E-state index contributed by atoms with van der Waals surface area (Å²) in [6.07, 6.45) is 2.69. The number of aliphatic hydroxyl groups is 1. The van der Waals surface area contributed by atoms with E-state index < -0.39 is 0 Å². The summed E-state index contributed by atoms with van der Waals surface area (Å²) in [7, 11) is 0. The predicted octanol–water partition coefficient (Wildman–Crippen LogP) is 2.11. The van der Waals surface area contributed by atoms with E-state index in [1.54, 1.807) is 0 Å². The topological polar surface area (TPSA) is 40.5 Å². The quantitative estimate of drug-likeness (QED) is 0.845. The molecule has 3 nitrogen and oxygen atoms in total. The van der Waals surface area contributed by atoms with Crippen LogP contribution in [0.25, 0.3) is 0 Å². The first kappa shape index (κ1) is 13.1. The molecule has 0 saturated heterocycles. The average molecular weight is 263 g/mol. The number of carbonyl (C=O) groups excluding carboxylic acids is 1. The Hall–Kier alpha value is -1.31. The number of thiophene rings is 1. The number of rotatable bonds is 4. The van der Waals surface area contributed by atoms with E-state index in [1.165, 1.54) is 11.3 Å². The summed E-state index contributed by atoms with van der Waals surface area (Å²) in [5.74, 6) is 5.94. The van der Waals surface area contributed by atoms with Gasteiger partial charge >= 0.3 is 0 Å². The van der Waals surface area contributed by atoms with Crippen LogP contribution < -0.4 is 0 Å². The SMILES string of the molecule is CCN(C(=O)c1sccc1C#CCCO)C1CC1. The van der Waals surface area contributed by atoms with Gasteiger partial charge in [0.05, 0.1) is 6.61 Å². The molecular formula is C14H17NO2S. The molecular weight excluding hydrogens is 246 g/mol. The molecule has 0 unspecified atom stereocenters. The van der Waals surface area contributed by atoms with Crippen LogP contribution in [0.15, 0.2) is 11.4 Å². The molecule has 1 aliphatic rings. The molecule has 2 rings (SSSR count). The van der Waals surface area contributed by atoms with Gasteiger partial charge in [0.1, 0.15) is 4.88 Å². The van der Waals surface area contributed by atoms with Crippen LogP contribution in [0.5, 0.6) is 0 Å². The molecule has 1 heterocycles. The van der Waals surface area contributed by atoms with Crippen molar-refractivity contribution in [1.29, 1.82) is 0 Å². The second kappa shape index (κ2) is 6.03. The van der Waals surface area contributed by atoms with Crippen molar-refractivity contribution in [3.8, 4) is 11.8 Å². The number of amides is 1. The van der Waals surface area contributed by atoms with Crippen molar-refractivity contribution in [1.82, 2.24) is 4.90 Å². The van der Waals surface area contributed by atoms with Gasteiger partial charge < -0.3 is 10.0 Å². The van der Waals surface area contributed by atoms with E-state index in [2.05, 4.69) is 11.8 Å². The second-order valence-corrected chi connectivity index (χ2v) is 5.18. The van der Waals surface area contributed by atoms with E-state index >= 15 is 0 Å². The fraction of sp³-hybridized carbons (Fsp3) is 0.500. The highest BCUT2D eigenvalue weighted by molar-refractivity contribution is 7.12. The maximum Gasteiger partial charge on any atom is 0.265 e. The van der Waals surface area contributed by atoms with Crippen LogP contribution >= 0.6 is 11.3 Å². The van der Waals surface area contributed by atoms with E-state index in [1.807, 2.05) is 23.3 Å². The van der Waals surface area contributed by atoms with Crippen LogP contribution in [-0.4, -0.2) is 35.1 Å². The van der Waals surface area contributed by atoms with Crippen LogP contribution in [0.4, 0.5) is 0 Å². The largest absolute Gasteiger partial charge is 0.395 e. The van der Waals surface area contributed by atoms with Gasteiger partial charge in [0.2, 0.25) is 0 Å². The molecule has 0 aliphatic heterocycles. The molecule has 1 N–H and O–H groups in total. The van der Waals surface area contributed by atoms with E-state index in [-0.39, 0.29) is 12.5 Å². The minimum atomic E-state index is 0.0591. The van der Waals surface area contributed by atoms with E-state index in [0.29, 0.717) is 12.5 Å². The van der Waals surface area contributed by atoms with Crippen molar-refractivity contribution in [2.75, 3.05) is 13.2 Å². The first-order chi connectivity index (χ1) is 8.77. The van der Waals surface area contributed by atoms with Crippen LogP contribution in [0.1, 0.15) is 41.4 Å². The van der Waals surface area contributed by atoms with Gasteiger partial charge in [-0.3, -0.25) is 4.79 Å². The Labute approximate surface area is 111 Å². The third-order valence-electron chi connectivity index (χ3n) is 2.91. The first-order valence-corrected chi connectivity index (χ1v) is 7.14. The monoisotopic (exact) mass is 263 g/mol. The van der Waals surface area contributed by atoms with Crippen molar-refractivity contribution in [2.45, 2.75) is 32.2 Å². The molecule has 1 fully saturated rings. The summed E-state index contributed by atoms with van der Waals surface area (Å²) in [5, 5.41) is 10.6. The molecule has 1 aromatic heterocycles. The van der Waals surface area contributed by atoms with Gasteiger partial charge in [0.25, 0.3) is 5.91 Å². The number of hydrogen-bond acceptors (Lipinski definition) is 3.